The van der Waals surface area contributed by atoms with Gasteiger partial charge in [0.2, 0.25) is 0 Å². The minimum atomic E-state index is 0.767. The Morgan fingerprint density at radius 3 is 2.15 bits per heavy atom. The van der Waals surface area contributed by atoms with Crippen LogP contribution in [0.2, 0.25) is 0 Å². The molecule has 0 N–H and O–H groups in total. The van der Waals surface area contributed by atoms with Crippen molar-refractivity contribution in [3.05, 3.63) is 0 Å². The van der Waals surface area contributed by atoms with Crippen LogP contribution in [-0.2, 0) is 0 Å². The molecule has 0 spiro atoms. The van der Waals surface area contributed by atoms with E-state index in [1.165, 1.54) is 19.4 Å². The molecule has 1 saturated carbocycles. The van der Waals surface area contributed by atoms with Gasteiger partial charge in [0, 0.05) is 18.6 Å². The summed E-state index contributed by atoms with van der Waals surface area (Å²) in [5, 5.41) is 0. The fourth-order valence-corrected chi connectivity index (χ4v) is 3.48. The van der Waals surface area contributed by atoms with Gasteiger partial charge >= 0.3 is 0 Å². The lowest BCUT2D eigenvalue weighted by Gasteiger charge is -2.35. The van der Waals surface area contributed by atoms with E-state index in [4.69, 9.17) is 0 Å². The minimum Gasteiger partial charge on any atom is -0.298 e. The van der Waals surface area contributed by atoms with E-state index in [2.05, 4.69) is 32.6 Å². The maximum Gasteiger partial charge on any atom is 0.0104 e. The molecular formula is C12H23N. The van der Waals surface area contributed by atoms with Crippen molar-refractivity contribution < 1.29 is 0 Å². The molecule has 1 aliphatic heterocycles. The number of rotatable bonds is 2. The summed E-state index contributed by atoms with van der Waals surface area (Å²) in [7, 11) is 0. The summed E-state index contributed by atoms with van der Waals surface area (Å²) in [5.41, 5.74) is 0. The van der Waals surface area contributed by atoms with Gasteiger partial charge in [-0.05, 0) is 44.4 Å². The molecule has 76 valence electrons. The molecule has 0 aromatic heterocycles. The van der Waals surface area contributed by atoms with E-state index in [0.717, 1.165) is 29.8 Å². The van der Waals surface area contributed by atoms with Crippen LogP contribution in [0.3, 0.4) is 0 Å². The molecule has 1 nitrogen and oxygen atoms in total. The molecule has 1 unspecified atom stereocenters. The summed E-state index contributed by atoms with van der Waals surface area (Å²) in [4.78, 5) is 2.71. The first kappa shape index (κ1) is 9.51. The highest BCUT2D eigenvalue weighted by atomic mass is 15.2. The number of nitrogens with zero attached hydrogens (tertiary/aromatic N) is 1. The zero-order valence-electron chi connectivity index (χ0n) is 9.46. The van der Waals surface area contributed by atoms with Gasteiger partial charge in [-0.25, -0.2) is 0 Å². The monoisotopic (exact) mass is 181 g/mol. The Bertz CT molecular complexity index is 166. The normalized spacial score (nSPS) is 39.7. The Morgan fingerprint density at radius 1 is 1.08 bits per heavy atom. The van der Waals surface area contributed by atoms with Crippen molar-refractivity contribution in [3.8, 4) is 0 Å². The van der Waals surface area contributed by atoms with Gasteiger partial charge in [0.1, 0.15) is 0 Å². The molecule has 1 aliphatic carbocycles. The van der Waals surface area contributed by atoms with E-state index in [-0.39, 0.29) is 0 Å². The summed E-state index contributed by atoms with van der Waals surface area (Å²) in [5.74, 6) is 2.96. The average Bonchev–Trinajstić information content (AvgIpc) is 2.60. The van der Waals surface area contributed by atoms with E-state index in [1.54, 1.807) is 0 Å². The van der Waals surface area contributed by atoms with E-state index in [0.29, 0.717) is 0 Å². The topological polar surface area (TPSA) is 3.24 Å². The van der Waals surface area contributed by atoms with Gasteiger partial charge < -0.3 is 0 Å². The molecule has 0 aromatic carbocycles. The largest absolute Gasteiger partial charge is 0.298 e. The van der Waals surface area contributed by atoms with Crippen molar-refractivity contribution in [2.75, 3.05) is 6.54 Å². The lowest BCUT2D eigenvalue weighted by atomic mass is 9.84. The van der Waals surface area contributed by atoms with Crippen LogP contribution < -0.4 is 0 Å². The molecule has 1 saturated heterocycles. The molecule has 2 aliphatic rings. The molecule has 2 fully saturated rings. The van der Waals surface area contributed by atoms with Crippen LogP contribution in [0.15, 0.2) is 0 Å². The van der Waals surface area contributed by atoms with E-state index >= 15 is 0 Å². The summed E-state index contributed by atoms with van der Waals surface area (Å²) < 4.78 is 0. The van der Waals surface area contributed by atoms with Crippen molar-refractivity contribution in [2.24, 2.45) is 17.8 Å². The lowest BCUT2D eigenvalue weighted by molar-refractivity contribution is 0.120. The maximum atomic E-state index is 2.71. The summed E-state index contributed by atoms with van der Waals surface area (Å²) in [6, 6.07) is 1.69. The predicted octanol–water partition coefficient (Wildman–Crippen LogP) is 2.76. The van der Waals surface area contributed by atoms with Gasteiger partial charge in [0.25, 0.3) is 0 Å². The van der Waals surface area contributed by atoms with Crippen LogP contribution in [0.4, 0.5) is 0 Å². The number of likely N-dealkylation sites (tertiary alicyclic amines) is 1. The highest BCUT2D eigenvalue weighted by molar-refractivity contribution is 4.98. The second-order valence-electron chi connectivity index (χ2n) is 5.58. The zero-order chi connectivity index (χ0) is 9.59. The van der Waals surface area contributed by atoms with Gasteiger partial charge in [-0.1, -0.05) is 13.8 Å². The summed E-state index contributed by atoms with van der Waals surface area (Å²) in [6.45, 7) is 10.8. The Morgan fingerprint density at radius 2 is 1.77 bits per heavy atom. The van der Waals surface area contributed by atoms with Crippen molar-refractivity contribution in [1.29, 1.82) is 0 Å². The van der Waals surface area contributed by atoms with E-state index < -0.39 is 0 Å². The molecule has 0 amide bonds. The van der Waals surface area contributed by atoms with Crippen LogP contribution in [-0.4, -0.2) is 23.5 Å². The van der Waals surface area contributed by atoms with Gasteiger partial charge in [0.05, 0.1) is 0 Å². The summed E-state index contributed by atoms with van der Waals surface area (Å²) in [6.07, 6.45) is 2.96. The van der Waals surface area contributed by atoms with Crippen molar-refractivity contribution in [3.63, 3.8) is 0 Å². The highest BCUT2D eigenvalue weighted by Crippen LogP contribution is 2.45. The first-order valence-electron chi connectivity index (χ1n) is 5.85. The van der Waals surface area contributed by atoms with Crippen molar-refractivity contribution in [2.45, 2.75) is 52.6 Å². The highest BCUT2D eigenvalue weighted by Gasteiger charge is 2.45. The molecule has 2 bridgehead atoms. The Balaban J connectivity index is 1.99. The maximum absolute atomic E-state index is 2.71. The van der Waals surface area contributed by atoms with Crippen molar-refractivity contribution >= 4 is 0 Å². The fraction of sp³-hybridized carbons (Fsp3) is 1.00. The third-order valence-electron chi connectivity index (χ3n) is 4.16. The average molecular weight is 181 g/mol. The molecule has 2 rings (SSSR count). The smallest absolute Gasteiger partial charge is 0.0104 e. The molecule has 0 radical (unpaired) electrons. The van der Waals surface area contributed by atoms with Gasteiger partial charge in [-0.3, -0.25) is 4.90 Å². The Labute approximate surface area is 82.5 Å². The second-order valence-corrected chi connectivity index (χ2v) is 5.58. The van der Waals surface area contributed by atoms with Gasteiger partial charge in [-0.2, -0.15) is 0 Å². The van der Waals surface area contributed by atoms with Crippen molar-refractivity contribution in [1.82, 2.24) is 4.90 Å². The van der Waals surface area contributed by atoms with E-state index in [9.17, 15) is 0 Å². The Kier molecular flexibility index (Phi) is 2.39. The van der Waals surface area contributed by atoms with Crippen LogP contribution >= 0.6 is 0 Å². The third-order valence-corrected chi connectivity index (χ3v) is 4.16. The van der Waals surface area contributed by atoms with Crippen LogP contribution in [0.5, 0.6) is 0 Å². The van der Waals surface area contributed by atoms with Gasteiger partial charge in [0.15, 0.2) is 0 Å². The van der Waals surface area contributed by atoms with E-state index in [1.807, 2.05) is 0 Å². The molecular weight excluding hydrogens is 158 g/mol. The second kappa shape index (κ2) is 3.27. The molecule has 3 atom stereocenters. The van der Waals surface area contributed by atoms with Gasteiger partial charge in [-0.15, -0.1) is 0 Å². The Hall–Kier alpha value is -0.0400. The van der Waals surface area contributed by atoms with Crippen LogP contribution in [0.25, 0.3) is 0 Å². The van der Waals surface area contributed by atoms with Crippen LogP contribution in [0.1, 0.15) is 40.5 Å². The molecule has 1 heterocycles. The van der Waals surface area contributed by atoms with Crippen LogP contribution in [0, 0.1) is 17.8 Å². The summed E-state index contributed by atoms with van der Waals surface area (Å²) >= 11 is 0. The first-order chi connectivity index (χ1) is 6.09. The standard InChI is InChI=1S/C12H23N/c1-8(2)12-6-11-5-10(12)7-13(11)9(3)4/h8-12H,5-7H2,1-4H3/t10-,11-,12?/m1/s1. The minimum absolute atomic E-state index is 0.767. The first-order valence-corrected chi connectivity index (χ1v) is 5.85. The third kappa shape index (κ3) is 1.52. The quantitative estimate of drug-likeness (QED) is 0.633. The molecule has 1 heteroatoms. The zero-order valence-corrected chi connectivity index (χ0v) is 9.46. The molecule has 13 heavy (non-hydrogen) atoms. The molecule has 0 aromatic rings. The number of fused-ring (bicyclic) bond motifs is 2. The lowest BCUT2D eigenvalue weighted by Crippen LogP contribution is -2.41. The number of hydrogen-bond acceptors (Lipinski definition) is 1. The number of hydrogen-bond donors (Lipinski definition) is 0. The predicted molar refractivity (Wildman–Crippen MR) is 56.7 cm³/mol. The SMILES string of the molecule is CC(C)C1C[C@H]2C[C@@H]1CN2C(C)C. The fourth-order valence-electron chi connectivity index (χ4n) is 3.48. The number of piperidine rings is 1.